The van der Waals surface area contributed by atoms with E-state index in [9.17, 15) is 14.3 Å². The highest BCUT2D eigenvalue weighted by Gasteiger charge is 2.36. The molecule has 1 N–H and O–H groups in total. The van der Waals surface area contributed by atoms with Crippen molar-refractivity contribution >= 4 is 21.9 Å². The van der Waals surface area contributed by atoms with Gasteiger partial charge in [0.1, 0.15) is 5.82 Å². The second kappa shape index (κ2) is 6.04. The molecule has 0 bridgehead atoms. The van der Waals surface area contributed by atoms with Crippen LogP contribution in [0.1, 0.15) is 44.1 Å². The quantitative estimate of drug-likeness (QED) is 0.881. The van der Waals surface area contributed by atoms with Gasteiger partial charge in [-0.1, -0.05) is 29.3 Å². The number of halogens is 2. The summed E-state index contributed by atoms with van der Waals surface area (Å²) in [5.41, 5.74) is 0.542. The summed E-state index contributed by atoms with van der Waals surface area (Å²) in [7, 11) is 0. The van der Waals surface area contributed by atoms with Crippen molar-refractivity contribution in [1.82, 2.24) is 0 Å². The number of benzene rings is 1. The van der Waals surface area contributed by atoms with Gasteiger partial charge in [0.15, 0.2) is 0 Å². The van der Waals surface area contributed by atoms with Gasteiger partial charge >= 0.3 is 5.97 Å². The van der Waals surface area contributed by atoms with Gasteiger partial charge in [0.25, 0.3) is 0 Å². The third kappa shape index (κ3) is 3.16. The van der Waals surface area contributed by atoms with E-state index in [1.54, 1.807) is 12.1 Å². The van der Waals surface area contributed by atoms with E-state index < -0.39 is 11.9 Å². The Bertz CT molecular complexity index is 475. The molecule has 0 aliphatic heterocycles. The van der Waals surface area contributed by atoms with Gasteiger partial charge in [-0.15, -0.1) is 0 Å². The zero-order valence-electron chi connectivity index (χ0n) is 10.9. The van der Waals surface area contributed by atoms with Crippen molar-refractivity contribution in [3.8, 4) is 0 Å². The highest BCUT2D eigenvalue weighted by Crippen LogP contribution is 2.43. The summed E-state index contributed by atoms with van der Waals surface area (Å²) >= 11 is 3.34. The first kappa shape index (κ1) is 14.5. The Hall–Kier alpha value is -0.900. The van der Waals surface area contributed by atoms with Crippen LogP contribution in [0.25, 0.3) is 0 Å². The molecule has 1 fully saturated rings. The van der Waals surface area contributed by atoms with Gasteiger partial charge in [0.2, 0.25) is 0 Å². The zero-order valence-corrected chi connectivity index (χ0v) is 12.5. The largest absolute Gasteiger partial charge is 0.481 e. The Morgan fingerprint density at radius 3 is 2.84 bits per heavy atom. The molecule has 3 atom stereocenters. The third-order valence-electron chi connectivity index (χ3n) is 4.21. The van der Waals surface area contributed by atoms with E-state index in [0.717, 1.165) is 23.7 Å². The van der Waals surface area contributed by atoms with Crippen LogP contribution in [0.3, 0.4) is 0 Å². The SMILES string of the molecule is CCC1CCC(C(=O)O)C(c2cc(Br)ccc2F)C1. The van der Waals surface area contributed by atoms with Crippen LogP contribution in [0.2, 0.25) is 0 Å². The maximum absolute atomic E-state index is 14.0. The second-order valence-corrected chi connectivity index (χ2v) is 6.22. The molecule has 4 heteroatoms. The van der Waals surface area contributed by atoms with Crippen LogP contribution in [0.15, 0.2) is 22.7 Å². The van der Waals surface area contributed by atoms with E-state index in [2.05, 4.69) is 22.9 Å². The number of aliphatic carboxylic acids is 1. The van der Waals surface area contributed by atoms with Gasteiger partial charge in [0.05, 0.1) is 5.92 Å². The Labute approximate surface area is 121 Å². The molecular weight excluding hydrogens is 311 g/mol. The molecule has 2 rings (SSSR count). The average molecular weight is 329 g/mol. The molecule has 1 saturated carbocycles. The average Bonchev–Trinajstić information content (AvgIpc) is 2.40. The lowest BCUT2D eigenvalue weighted by Crippen LogP contribution is -2.29. The summed E-state index contributed by atoms with van der Waals surface area (Å²) in [6, 6.07) is 4.79. The lowest BCUT2D eigenvalue weighted by atomic mass is 9.70. The Morgan fingerprint density at radius 2 is 2.21 bits per heavy atom. The molecule has 19 heavy (non-hydrogen) atoms. The molecule has 0 heterocycles. The second-order valence-electron chi connectivity index (χ2n) is 5.30. The van der Waals surface area contributed by atoms with E-state index in [0.29, 0.717) is 17.9 Å². The van der Waals surface area contributed by atoms with Crippen molar-refractivity contribution in [3.05, 3.63) is 34.1 Å². The molecule has 0 aromatic heterocycles. The Morgan fingerprint density at radius 1 is 1.47 bits per heavy atom. The first-order chi connectivity index (χ1) is 9.02. The predicted octanol–water partition coefficient (Wildman–Crippen LogP) is 4.58. The van der Waals surface area contributed by atoms with Gasteiger partial charge < -0.3 is 5.11 Å². The van der Waals surface area contributed by atoms with Crippen LogP contribution in [0.4, 0.5) is 4.39 Å². The Kier molecular flexibility index (Phi) is 4.61. The van der Waals surface area contributed by atoms with Crippen molar-refractivity contribution in [2.75, 3.05) is 0 Å². The van der Waals surface area contributed by atoms with Gasteiger partial charge in [0, 0.05) is 10.4 Å². The highest BCUT2D eigenvalue weighted by atomic mass is 79.9. The van der Waals surface area contributed by atoms with Crippen LogP contribution in [0.5, 0.6) is 0 Å². The van der Waals surface area contributed by atoms with Crippen molar-refractivity contribution in [2.45, 2.75) is 38.5 Å². The fraction of sp³-hybridized carbons (Fsp3) is 0.533. The highest BCUT2D eigenvalue weighted by molar-refractivity contribution is 9.10. The van der Waals surface area contributed by atoms with Crippen molar-refractivity contribution in [1.29, 1.82) is 0 Å². The topological polar surface area (TPSA) is 37.3 Å². The number of rotatable bonds is 3. The number of carboxylic acids is 1. The van der Waals surface area contributed by atoms with Gasteiger partial charge in [-0.25, -0.2) is 4.39 Å². The first-order valence-corrected chi connectivity index (χ1v) is 7.50. The summed E-state index contributed by atoms with van der Waals surface area (Å²) in [5, 5.41) is 9.35. The van der Waals surface area contributed by atoms with Crippen LogP contribution in [-0.2, 0) is 4.79 Å². The van der Waals surface area contributed by atoms with Crippen LogP contribution in [0, 0.1) is 17.7 Å². The Balaban J connectivity index is 2.35. The lowest BCUT2D eigenvalue weighted by Gasteiger charge is -2.34. The van der Waals surface area contributed by atoms with Crippen LogP contribution in [-0.4, -0.2) is 11.1 Å². The zero-order chi connectivity index (χ0) is 14.0. The van der Waals surface area contributed by atoms with Crippen molar-refractivity contribution in [3.63, 3.8) is 0 Å². The summed E-state index contributed by atoms with van der Waals surface area (Å²) in [6.45, 7) is 2.11. The van der Waals surface area contributed by atoms with E-state index in [4.69, 9.17) is 0 Å². The summed E-state index contributed by atoms with van der Waals surface area (Å²) < 4.78 is 14.8. The lowest BCUT2D eigenvalue weighted by molar-refractivity contribution is -0.144. The minimum Gasteiger partial charge on any atom is -0.481 e. The molecule has 1 aliphatic carbocycles. The number of hydrogen-bond donors (Lipinski definition) is 1. The molecule has 1 aromatic carbocycles. The van der Waals surface area contributed by atoms with Crippen molar-refractivity contribution in [2.24, 2.45) is 11.8 Å². The molecule has 0 saturated heterocycles. The molecule has 3 unspecified atom stereocenters. The van der Waals surface area contributed by atoms with Crippen molar-refractivity contribution < 1.29 is 14.3 Å². The molecular formula is C15H18BrFO2. The van der Waals surface area contributed by atoms with E-state index in [-0.39, 0.29) is 11.7 Å². The molecule has 0 amide bonds. The first-order valence-electron chi connectivity index (χ1n) is 6.70. The smallest absolute Gasteiger partial charge is 0.307 e. The fourth-order valence-electron chi connectivity index (χ4n) is 3.07. The number of carboxylic acid groups (broad SMARTS) is 1. The van der Waals surface area contributed by atoms with E-state index in [1.165, 1.54) is 6.07 Å². The van der Waals surface area contributed by atoms with E-state index in [1.807, 2.05) is 0 Å². The molecule has 1 aliphatic rings. The van der Waals surface area contributed by atoms with E-state index >= 15 is 0 Å². The summed E-state index contributed by atoms with van der Waals surface area (Å²) in [4.78, 5) is 11.4. The molecule has 1 aromatic rings. The standard InChI is InChI=1S/C15H18BrFO2/c1-2-9-3-5-11(15(18)19)12(7-9)13-8-10(16)4-6-14(13)17/h4,6,8-9,11-12H,2-3,5,7H2,1H3,(H,18,19). The molecule has 0 spiro atoms. The molecule has 0 radical (unpaired) electrons. The van der Waals surface area contributed by atoms with Gasteiger partial charge in [-0.05, 0) is 48.9 Å². The minimum atomic E-state index is -0.807. The van der Waals surface area contributed by atoms with Crippen LogP contribution < -0.4 is 0 Å². The minimum absolute atomic E-state index is 0.214. The van der Waals surface area contributed by atoms with Gasteiger partial charge in [-0.3, -0.25) is 4.79 Å². The third-order valence-corrected chi connectivity index (χ3v) is 4.70. The maximum Gasteiger partial charge on any atom is 0.307 e. The molecule has 104 valence electrons. The van der Waals surface area contributed by atoms with Crippen LogP contribution >= 0.6 is 15.9 Å². The normalized spacial score (nSPS) is 27.2. The maximum atomic E-state index is 14.0. The predicted molar refractivity (Wildman–Crippen MR) is 75.6 cm³/mol. The monoisotopic (exact) mass is 328 g/mol. The van der Waals surface area contributed by atoms with Gasteiger partial charge in [-0.2, -0.15) is 0 Å². The number of carbonyl (C=O) groups is 1. The summed E-state index contributed by atoms with van der Waals surface area (Å²) in [5.74, 6) is -1.28. The number of hydrogen-bond acceptors (Lipinski definition) is 1. The molecule has 2 nitrogen and oxygen atoms in total. The summed E-state index contributed by atoms with van der Waals surface area (Å²) in [6.07, 6.45) is 3.36. The fourth-order valence-corrected chi connectivity index (χ4v) is 3.45.